The summed E-state index contributed by atoms with van der Waals surface area (Å²) in [5, 5.41) is 0.563. The van der Waals surface area contributed by atoms with Crippen molar-refractivity contribution in [2.24, 2.45) is 5.92 Å². The van der Waals surface area contributed by atoms with E-state index in [1.807, 2.05) is 11.0 Å². The highest BCUT2D eigenvalue weighted by molar-refractivity contribution is 6.30. The summed E-state index contributed by atoms with van der Waals surface area (Å²) < 4.78 is 38.2. The zero-order chi connectivity index (χ0) is 19.3. The van der Waals surface area contributed by atoms with Crippen LogP contribution in [0.1, 0.15) is 13.8 Å². The van der Waals surface area contributed by atoms with Gasteiger partial charge in [-0.1, -0.05) is 25.4 Å². The number of halogens is 4. The minimum Gasteiger partial charge on any atom is -0.354 e. The minimum atomic E-state index is -4.39. The number of aromatic nitrogens is 1. The third-order valence-electron chi connectivity index (χ3n) is 4.08. The Kier molecular flexibility index (Phi) is 7.11. The number of piperazine rings is 1. The van der Waals surface area contributed by atoms with Gasteiger partial charge in [-0.2, -0.15) is 13.2 Å². The van der Waals surface area contributed by atoms with Gasteiger partial charge in [-0.15, -0.1) is 0 Å². The second-order valence-electron chi connectivity index (χ2n) is 6.88. The number of anilines is 1. The average molecular weight is 393 g/mol. The lowest BCUT2D eigenvalue weighted by Crippen LogP contribution is -2.51. The molecule has 2 rings (SSSR count). The molecule has 5 nitrogen and oxygen atoms in total. The van der Waals surface area contributed by atoms with E-state index in [4.69, 9.17) is 11.6 Å². The van der Waals surface area contributed by atoms with Gasteiger partial charge < -0.3 is 9.80 Å². The van der Waals surface area contributed by atoms with E-state index in [1.165, 1.54) is 0 Å². The van der Waals surface area contributed by atoms with Gasteiger partial charge in [0.25, 0.3) is 0 Å². The molecule has 0 bridgehead atoms. The van der Waals surface area contributed by atoms with Crippen molar-refractivity contribution in [3.05, 3.63) is 23.4 Å². The van der Waals surface area contributed by atoms with Crippen LogP contribution in [-0.4, -0.2) is 72.7 Å². The molecule has 0 saturated carbocycles. The maximum absolute atomic E-state index is 12.7. The van der Waals surface area contributed by atoms with E-state index in [1.54, 1.807) is 26.1 Å². The maximum atomic E-state index is 12.7. The molecule has 0 aliphatic carbocycles. The monoisotopic (exact) mass is 392 g/mol. The van der Waals surface area contributed by atoms with Crippen LogP contribution in [-0.2, 0) is 4.79 Å². The molecule has 0 radical (unpaired) electrons. The molecule has 146 valence electrons. The highest BCUT2D eigenvalue weighted by Gasteiger charge is 2.34. The van der Waals surface area contributed by atoms with Gasteiger partial charge in [0.1, 0.15) is 12.4 Å². The Balaban J connectivity index is 1.88. The molecule has 1 aromatic heterocycles. The number of rotatable bonds is 6. The van der Waals surface area contributed by atoms with Gasteiger partial charge in [-0.3, -0.25) is 9.69 Å². The Labute approximate surface area is 156 Å². The van der Waals surface area contributed by atoms with Crippen molar-refractivity contribution in [3.63, 3.8) is 0 Å². The summed E-state index contributed by atoms with van der Waals surface area (Å²) in [5.74, 6) is 0.308. The predicted octanol–water partition coefficient (Wildman–Crippen LogP) is 2.90. The van der Waals surface area contributed by atoms with Crippen molar-refractivity contribution in [1.82, 2.24) is 14.8 Å². The van der Waals surface area contributed by atoms with Crippen molar-refractivity contribution >= 4 is 23.3 Å². The minimum absolute atomic E-state index is 0.00465. The van der Waals surface area contributed by atoms with Crippen molar-refractivity contribution in [2.45, 2.75) is 20.0 Å². The van der Waals surface area contributed by atoms with Crippen LogP contribution in [0.25, 0.3) is 0 Å². The standard InChI is InChI=1S/C17H24ClF3N4O/c1-13(2)10-25(12-17(19,20)21)16(26)11-23-5-7-24(8-6-23)15-4-3-14(18)9-22-15/h3-4,9,13H,5-8,10-12H2,1-2H3. The number of amides is 1. The van der Waals surface area contributed by atoms with Gasteiger partial charge in [0.2, 0.25) is 5.91 Å². The molecule has 1 saturated heterocycles. The Bertz CT molecular complexity index is 587. The Hall–Kier alpha value is -1.54. The number of pyridine rings is 1. The zero-order valence-electron chi connectivity index (χ0n) is 15.0. The van der Waals surface area contributed by atoms with Crippen LogP contribution in [0.5, 0.6) is 0 Å². The lowest BCUT2D eigenvalue weighted by atomic mass is 10.2. The molecule has 1 aromatic rings. The lowest BCUT2D eigenvalue weighted by Gasteiger charge is -2.36. The van der Waals surface area contributed by atoms with E-state index in [2.05, 4.69) is 9.88 Å². The molecule has 1 fully saturated rings. The fraction of sp³-hybridized carbons (Fsp3) is 0.647. The van der Waals surface area contributed by atoms with Crippen molar-refractivity contribution in [1.29, 1.82) is 0 Å². The van der Waals surface area contributed by atoms with Crippen LogP contribution in [0.3, 0.4) is 0 Å². The summed E-state index contributed by atoms with van der Waals surface area (Å²) in [6, 6.07) is 3.59. The molecule has 26 heavy (non-hydrogen) atoms. The summed E-state index contributed by atoms with van der Waals surface area (Å²) in [6.07, 6.45) is -2.81. The third-order valence-corrected chi connectivity index (χ3v) is 4.30. The van der Waals surface area contributed by atoms with Crippen molar-refractivity contribution < 1.29 is 18.0 Å². The highest BCUT2D eigenvalue weighted by Crippen LogP contribution is 2.19. The molecule has 1 aliphatic heterocycles. The normalized spacial score (nSPS) is 16.2. The second kappa shape index (κ2) is 8.90. The van der Waals surface area contributed by atoms with Crippen LogP contribution in [0, 0.1) is 5.92 Å². The maximum Gasteiger partial charge on any atom is 0.406 e. The van der Waals surface area contributed by atoms with Crippen LogP contribution < -0.4 is 4.90 Å². The van der Waals surface area contributed by atoms with Crippen molar-refractivity contribution in [2.75, 3.05) is 50.7 Å². The van der Waals surface area contributed by atoms with E-state index in [0.29, 0.717) is 31.2 Å². The lowest BCUT2D eigenvalue weighted by molar-refractivity contribution is -0.162. The van der Waals surface area contributed by atoms with E-state index >= 15 is 0 Å². The first-order chi connectivity index (χ1) is 12.1. The smallest absolute Gasteiger partial charge is 0.354 e. The fourth-order valence-corrected chi connectivity index (χ4v) is 3.00. The summed E-state index contributed by atoms with van der Waals surface area (Å²) in [6.45, 7) is 5.02. The number of carbonyl (C=O) groups is 1. The van der Waals surface area contributed by atoms with E-state index < -0.39 is 18.6 Å². The Morgan fingerprint density at radius 2 is 1.92 bits per heavy atom. The number of alkyl halides is 3. The quantitative estimate of drug-likeness (QED) is 0.746. The Morgan fingerprint density at radius 3 is 2.42 bits per heavy atom. The van der Waals surface area contributed by atoms with E-state index in [9.17, 15) is 18.0 Å². The number of carbonyl (C=O) groups excluding carboxylic acids is 1. The molecule has 2 heterocycles. The molecule has 1 aliphatic rings. The highest BCUT2D eigenvalue weighted by atomic mass is 35.5. The SMILES string of the molecule is CC(C)CN(CC(F)(F)F)C(=O)CN1CCN(c2ccc(Cl)cn2)CC1. The third kappa shape index (κ3) is 6.64. The predicted molar refractivity (Wildman–Crippen MR) is 95.4 cm³/mol. The Morgan fingerprint density at radius 1 is 1.27 bits per heavy atom. The fourth-order valence-electron chi connectivity index (χ4n) is 2.89. The summed E-state index contributed by atoms with van der Waals surface area (Å²) >= 11 is 5.83. The number of hydrogen-bond donors (Lipinski definition) is 0. The molecular weight excluding hydrogens is 369 g/mol. The summed E-state index contributed by atoms with van der Waals surface area (Å²) in [5.41, 5.74) is 0. The average Bonchev–Trinajstić information content (AvgIpc) is 2.54. The first kappa shape index (κ1) is 20.8. The van der Waals surface area contributed by atoms with Crippen LogP contribution >= 0.6 is 11.6 Å². The summed E-state index contributed by atoms with van der Waals surface area (Å²) in [7, 11) is 0. The van der Waals surface area contributed by atoms with Gasteiger partial charge >= 0.3 is 6.18 Å². The molecule has 1 amide bonds. The molecule has 0 N–H and O–H groups in total. The van der Waals surface area contributed by atoms with Crippen LogP contribution in [0.15, 0.2) is 18.3 Å². The first-order valence-electron chi connectivity index (χ1n) is 8.57. The van der Waals surface area contributed by atoms with Crippen molar-refractivity contribution in [3.8, 4) is 0 Å². The molecule has 0 atom stereocenters. The van der Waals surface area contributed by atoms with Crippen LogP contribution in [0.2, 0.25) is 5.02 Å². The molecular formula is C17H24ClF3N4O. The van der Waals surface area contributed by atoms with Gasteiger partial charge in [-0.25, -0.2) is 4.98 Å². The van der Waals surface area contributed by atoms with Gasteiger partial charge in [0.05, 0.1) is 11.6 Å². The molecule has 0 aromatic carbocycles. The first-order valence-corrected chi connectivity index (χ1v) is 8.95. The van der Waals surface area contributed by atoms with E-state index in [-0.39, 0.29) is 19.0 Å². The van der Waals surface area contributed by atoms with Gasteiger partial charge in [-0.05, 0) is 18.1 Å². The molecule has 9 heteroatoms. The molecule has 0 spiro atoms. The molecule has 0 unspecified atom stereocenters. The largest absolute Gasteiger partial charge is 0.406 e. The second-order valence-corrected chi connectivity index (χ2v) is 7.32. The van der Waals surface area contributed by atoms with Gasteiger partial charge in [0.15, 0.2) is 0 Å². The van der Waals surface area contributed by atoms with Crippen LogP contribution in [0.4, 0.5) is 19.0 Å². The topological polar surface area (TPSA) is 39.7 Å². The number of hydrogen-bond acceptors (Lipinski definition) is 4. The number of nitrogens with zero attached hydrogens (tertiary/aromatic N) is 4. The zero-order valence-corrected chi connectivity index (χ0v) is 15.7. The summed E-state index contributed by atoms with van der Waals surface area (Å²) in [4.78, 5) is 21.5. The van der Waals surface area contributed by atoms with Gasteiger partial charge in [0, 0.05) is 38.9 Å². The van der Waals surface area contributed by atoms with E-state index in [0.717, 1.165) is 10.7 Å².